The van der Waals surface area contributed by atoms with Gasteiger partial charge in [-0.15, -0.1) is 0 Å². The molecule has 2 unspecified atom stereocenters. The summed E-state index contributed by atoms with van der Waals surface area (Å²) in [5.74, 6) is -0.908. The van der Waals surface area contributed by atoms with E-state index in [4.69, 9.17) is 0 Å². The van der Waals surface area contributed by atoms with Crippen molar-refractivity contribution in [2.75, 3.05) is 11.9 Å². The Kier molecular flexibility index (Phi) is 3.97. The summed E-state index contributed by atoms with van der Waals surface area (Å²) in [6, 6.07) is 6.02. The van der Waals surface area contributed by atoms with E-state index >= 15 is 0 Å². The molecule has 1 aromatic rings. The summed E-state index contributed by atoms with van der Waals surface area (Å²) in [6.07, 6.45) is 3.10. The number of anilines is 1. The van der Waals surface area contributed by atoms with Gasteiger partial charge >= 0.3 is 11.8 Å². The Balaban J connectivity index is 1.74. The number of rotatable bonds is 1. The van der Waals surface area contributed by atoms with Crippen molar-refractivity contribution in [1.82, 2.24) is 4.90 Å². The largest absolute Gasteiger partial charge is 0.331 e. The average Bonchev–Trinajstić information content (AvgIpc) is 2.65. The molecule has 1 aromatic carbocycles. The molecule has 1 saturated heterocycles. The number of nitrogens with one attached hydrogen (secondary N) is 1. The predicted octanol–water partition coefficient (Wildman–Crippen LogP) is 3.67. The molecule has 1 heterocycles. The first-order valence-corrected chi connectivity index (χ1v) is 8.77. The third-order valence-electron chi connectivity index (χ3n) is 5.35. The number of aryl methyl sites for hydroxylation is 2. The summed E-state index contributed by atoms with van der Waals surface area (Å²) in [5.41, 5.74) is 3.21. The molecule has 1 N–H and O–H groups in total. The number of fused-ring (bicyclic) bond motifs is 2. The van der Waals surface area contributed by atoms with E-state index in [9.17, 15) is 9.59 Å². The summed E-state index contributed by atoms with van der Waals surface area (Å²) < 4.78 is 0. The maximum atomic E-state index is 12.7. The van der Waals surface area contributed by atoms with Crippen molar-refractivity contribution in [1.29, 1.82) is 0 Å². The fourth-order valence-corrected chi connectivity index (χ4v) is 5.06. The number of likely N-dealkylation sites (tertiary alicyclic amines) is 1. The summed E-state index contributed by atoms with van der Waals surface area (Å²) in [4.78, 5) is 27.0. The van der Waals surface area contributed by atoms with E-state index in [0.717, 1.165) is 30.4 Å². The smallest absolute Gasteiger partial charge is 0.313 e. The van der Waals surface area contributed by atoms with Crippen LogP contribution >= 0.6 is 0 Å². The van der Waals surface area contributed by atoms with E-state index in [-0.39, 0.29) is 22.8 Å². The Morgan fingerprint density at radius 3 is 2.33 bits per heavy atom. The number of nitrogens with zero attached hydrogens (tertiary/aromatic N) is 1. The van der Waals surface area contributed by atoms with Crippen LogP contribution in [0.25, 0.3) is 0 Å². The van der Waals surface area contributed by atoms with Crippen LogP contribution in [0.5, 0.6) is 0 Å². The second kappa shape index (κ2) is 5.61. The number of amides is 2. The zero-order valence-corrected chi connectivity index (χ0v) is 15.4. The van der Waals surface area contributed by atoms with E-state index in [0.29, 0.717) is 12.2 Å². The lowest BCUT2D eigenvalue weighted by Gasteiger charge is -2.39. The van der Waals surface area contributed by atoms with Crippen molar-refractivity contribution in [2.24, 2.45) is 10.8 Å². The topological polar surface area (TPSA) is 49.4 Å². The number of hydrogen-bond donors (Lipinski definition) is 1. The first-order chi connectivity index (χ1) is 11.1. The molecule has 1 aliphatic heterocycles. The highest BCUT2D eigenvalue weighted by Crippen LogP contribution is 2.52. The number of benzene rings is 1. The van der Waals surface area contributed by atoms with E-state index < -0.39 is 5.91 Å². The zero-order chi connectivity index (χ0) is 17.7. The fraction of sp³-hybridized carbons (Fsp3) is 0.600. The Hall–Kier alpha value is -1.84. The first kappa shape index (κ1) is 17.0. The Labute approximate surface area is 144 Å². The van der Waals surface area contributed by atoms with Crippen LogP contribution in [0.1, 0.15) is 51.2 Å². The van der Waals surface area contributed by atoms with Crippen LogP contribution in [0.3, 0.4) is 0 Å². The van der Waals surface area contributed by atoms with E-state index in [1.54, 1.807) is 0 Å². The van der Waals surface area contributed by atoms with Crippen molar-refractivity contribution >= 4 is 17.5 Å². The van der Waals surface area contributed by atoms with Gasteiger partial charge in [-0.25, -0.2) is 0 Å². The van der Waals surface area contributed by atoms with Gasteiger partial charge < -0.3 is 10.2 Å². The van der Waals surface area contributed by atoms with Crippen LogP contribution in [0.4, 0.5) is 5.69 Å². The van der Waals surface area contributed by atoms with Gasteiger partial charge in [-0.1, -0.05) is 26.8 Å². The molecule has 2 amide bonds. The highest BCUT2D eigenvalue weighted by atomic mass is 16.2. The van der Waals surface area contributed by atoms with E-state index in [1.165, 1.54) is 0 Å². The fourth-order valence-electron chi connectivity index (χ4n) is 5.06. The highest BCUT2D eigenvalue weighted by Gasteiger charge is 2.51. The maximum absolute atomic E-state index is 12.7. The molecule has 0 aromatic heterocycles. The molecule has 4 heteroatoms. The van der Waals surface area contributed by atoms with Gasteiger partial charge in [-0.3, -0.25) is 9.59 Å². The summed E-state index contributed by atoms with van der Waals surface area (Å²) in [5, 5.41) is 2.78. The van der Waals surface area contributed by atoms with Crippen molar-refractivity contribution < 1.29 is 9.59 Å². The van der Waals surface area contributed by atoms with Crippen molar-refractivity contribution in [3.63, 3.8) is 0 Å². The van der Waals surface area contributed by atoms with Crippen LogP contribution in [-0.4, -0.2) is 29.3 Å². The van der Waals surface area contributed by atoms with Gasteiger partial charge in [-0.2, -0.15) is 0 Å². The SMILES string of the molecule is Cc1cc(C)cc(NC(=O)C(=O)N2CC3(C)CC2CC(C)(C)C3)c1. The second-order valence-electron chi connectivity index (χ2n) is 8.98. The monoisotopic (exact) mass is 328 g/mol. The maximum Gasteiger partial charge on any atom is 0.313 e. The molecule has 3 rings (SSSR count). The molecule has 2 aliphatic rings. The van der Waals surface area contributed by atoms with Gasteiger partial charge in [0.1, 0.15) is 0 Å². The third kappa shape index (κ3) is 3.33. The molecule has 2 fully saturated rings. The molecular weight excluding hydrogens is 300 g/mol. The molecule has 24 heavy (non-hydrogen) atoms. The molecule has 4 nitrogen and oxygen atoms in total. The predicted molar refractivity (Wildman–Crippen MR) is 95.8 cm³/mol. The number of carbonyl (C=O) groups excluding carboxylic acids is 2. The average molecular weight is 328 g/mol. The molecule has 1 aliphatic carbocycles. The zero-order valence-electron chi connectivity index (χ0n) is 15.4. The van der Waals surface area contributed by atoms with Gasteiger partial charge in [0.05, 0.1) is 0 Å². The molecular formula is C20H28N2O2. The van der Waals surface area contributed by atoms with E-state index in [2.05, 4.69) is 26.1 Å². The summed E-state index contributed by atoms with van der Waals surface area (Å²) >= 11 is 0. The lowest BCUT2D eigenvalue weighted by molar-refractivity contribution is -0.144. The Morgan fingerprint density at radius 2 is 1.71 bits per heavy atom. The minimum Gasteiger partial charge on any atom is -0.331 e. The van der Waals surface area contributed by atoms with Crippen molar-refractivity contribution in [3.05, 3.63) is 29.3 Å². The molecule has 2 atom stereocenters. The lowest BCUT2D eigenvalue weighted by Crippen LogP contribution is -2.43. The summed E-state index contributed by atoms with van der Waals surface area (Å²) in [7, 11) is 0. The van der Waals surface area contributed by atoms with Gasteiger partial charge in [0, 0.05) is 18.3 Å². The van der Waals surface area contributed by atoms with Gasteiger partial charge in [0.2, 0.25) is 0 Å². The summed E-state index contributed by atoms with van der Waals surface area (Å²) in [6.45, 7) is 11.4. The number of hydrogen-bond acceptors (Lipinski definition) is 2. The molecule has 2 bridgehead atoms. The molecule has 0 radical (unpaired) electrons. The Bertz CT molecular complexity index is 675. The van der Waals surface area contributed by atoms with Crippen LogP contribution in [0, 0.1) is 24.7 Å². The van der Waals surface area contributed by atoms with Crippen LogP contribution in [0.2, 0.25) is 0 Å². The normalized spacial score (nSPS) is 27.9. The second-order valence-corrected chi connectivity index (χ2v) is 8.98. The van der Waals surface area contributed by atoms with Gasteiger partial charge in [0.25, 0.3) is 0 Å². The van der Waals surface area contributed by atoms with Gasteiger partial charge in [-0.05, 0) is 67.2 Å². The first-order valence-electron chi connectivity index (χ1n) is 8.77. The highest BCUT2D eigenvalue weighted by molar-refractivity contribution is 6.39. The minimum atomic E-state index is -0.519. The van der Waals surface area contributed by atoms with Crippen LogP contribution in [0.15, 0.2) is 18.2 Å². The number of carbonyl (C=O) groups is 2. The molecule has 130 valence electrons. The van der Waals surface area contributed by atoms with Gasteiger partial charge in [0.15, 0.2) is 0 Å². The Morgan fingerprint density at radius 1 is 1.08 bits per heavy atom. The van der Waals surface area contributed by atoms with Crippen molar-refractivity contribution in [2.45, 2.75) is 59.9 Å². The minimum absolute atomic E-state index is 0.141. The van der Waals surface area contributed by atoms with Crippen molar-refractivity contribution in [3.8, 4) is 0 Å². The third-order valence-corrected chi connectivity index (χ3v) is 5.35. The standard InChI is InChI=1S/C20H28N2O2/c1-13-6-14(2)8-15(7-13)21-17(23)18(24)22-12-20(5)10-16(22)9-19(3,4)11-20/h6-8,16H,9-12H2,1-5H3,(H,21,23). The van der Waals surface area contributed by atoms with Crippen LogP contribution < -0.4 is 5.32 Å². The molecule has 1 saturated carbocycles. The molecule has 0 spiro atoms. The van der Waals surface area contributed by atoms with E-state index in [1.807, 2.05) is 36.9 Å². The quantitative estimate of drug-likeness (QED) is 0.800. The van der Waals surface area contributed by atoms with Crippen LogP contribution in [-0.2, 0) is 9.59 Å². The lowest BCUT2D eigenvalue weighted by atomic mass is 9.65.